The van der Waals surface area contributed by atoms with Crippen molar-refractivity contribution in [3.8, 4) is 11.5 Å². The van der Waals surface area contributed by atoms with Gasteiger partial charge in [0.25, 0.3) is 11.7 Å². The molecule has 3 aromatic rings. The first-order valence-electron chi connectivity index (χ1n) is 11.7. The van der Waals surface area contributed by atoms with E-state index in [2.05, 4.69) is 0 Å². The molecular weight excluding hydrogens is 442 g/mol. The van der Waals surface area contributed by atoms with Crippen LogP contribution in [-0.2, 0) is 9.59 Å². The standard InChI is InChI=1S/C29H29NO5/c1-5-34-22-12-9-11-20(17-22)26-25(27(31)21-14-15-24(35-6-2)19(4)16-21)28(32)29(33)30(26)23-13-8-7-10-18(23)3/h7-17,26,31H,5-6H2,1-4H3/b27-25+. The van der Waals surface area contributed by atoms with Crippen LogP contribution in [0.2, 0.25) is 0 Å². The van der Waals surface area contributed by atoms with Crippen LogP contribution < -0.4 is 14.4 Å². The number of ether oxygens (including phenoxy) is 2. The van der Waals surface area contributed by atoms with Crippen LogP contribution in [-0.4, -0.2) is 30.0 Å². The Kier molecular flexibility index (Phi) is 6.92. The maximum atomic E-state index is 13.4. The first-order valence-corrected chi connectivity index (χ1v) is 11.7. The summed E-state index contributed by atoms with van der Waals surface area (Å²) in [7, 11) is 0. The van der Waals surface area contributed by atoms with Crippen molar-refractivity contribution in [1.82, 2.24) is 0 Å². The number of hydrogen-bond donors (Lipinski definition) is 1. The zero-order valence-corrected chi connectivity index (χ0v) is 20.4. The van der Waals surface area contributed by atoms with Gasteiger partial charge in [-0.25, -0.2) is 0 Å². The topological polar surface area (TPSA) is 76.1 Å². The molecule has 1 amide bonds. The van der Waals surface area contributed by atoms with Crippen LogP contribution in [0.25, 0.3) is 5.76 Å². The van der Waals surface area contributed by atoms with E-state index in [0.29, 0.717) is 41.5 Å². The van der Waals surface area contributed by atoms with E-state index in [1.54, 1.807) is 24.3 Å². The second kappa shape index (κ2) is 10.1. The van der Waals surface area contributed by atoms with Crippen LogP contribution in [0, 0.1) is 13.8 Å². The van der Waals surface area contributed by atoms with Gasteiger partial charge >= 0.3 is 0 Å². The van der Waals surface area contributed by atoms with Gasteiger partial charge in [0, 0.05) is 11.3 Å². The van der Waals surface area contributed by atoms with Gasteiger partial charge in [0.05, 0.1) is 24.8 Å². The van der Waals surface area contributed by atoms with Gasteiger partial charge in [-0.05, 0) is 80.8 Å². The molecule has 0 aliphatic carbocycles. The average molecular weight is 472 g/mol. The number of benzene rings is 3. The van der Waals surface area contributed by atoms with E-state index in [4.69, 9.17) is 9.47 Å². The third-order valence-electron chi connectivity index (χ3n) is 6.05. The Labute approximate surface area is 205 Å². The fraction of sp³-hybridized carbons (Fsp3) is 0.241. The second-order valence-corrected chi connectivity index (χ2v) is 8.37. The number of Topliss-reactive ketones (excluding diaryl/α,β-unsaturated/α-hetero) is 1. The van der Waals surface area contributed by atoms with Crippen molar-refractivity contribution in [2.24, 2.45) is 0 Å². The Bertz CT molecular complexity index is 1310. The maximum absolute atomic E-state index is 13.4. The molecule has 6 nitrogen and oxygen atoms in total. The predicted octanol–water partition coefficient (Wildman–Crippen LogP) is 5.73. The van der Waals surface area contributed by atoms with Gasteiger partial charge in [0.2, 0.25) is 0 Å². The summed E-state index contributed by atoms with van der Waals surface area (Å²) in [5.41, 5.74) is 3.43. The molecule has 1 aliphatic rings. The van der Waals surface area contributed by atoms with E-state index in [-0.39, 0.29) is 11.3 Å². The normalized spacial score (nSPS) is 17.0. The number of aliphatic hydroxyl groups is 1. The Morgan fingerprint density at radius 1 is 0.886 bits per heavy atom. The molecule has 1 fully saturated rings. The molecule has 1 N–H and O–H groups in total. The Hall–Kier alpha value is -4.06. The highest BCUT2D eigenvalue weighted by molar-refractivity contribution is 6.51. The van der Waals surface area contributed by atoms with Crippen LogP contribution >= 0.6 is 0 Å². The number of aryl methyl sites for hydroxylation is 2. The van der Waals surface area contributed by atoms with Crippen molar-refractivity contribution in [3.05, 3.63) is 94.6 Å². The molecule has 35 heavy (non-hydrogen) atoms. The molecule has 1 heterocycles. The molecule has 0 aromatic heterocycles. The van der Waals surface area contributed by atoms with E-state index in [0.717, 1.165) is 11.1 Å². The molecule has 1 atom stereocenters. The lowest BCUT2D eigenvalue weighted by Gasteiger charge is -2.27. The number of anilines is 1. The van der Waals surface area contributed by atoms with Gasteiger partial charge in [-0.2, -0.15) is 0 Å². The van der Waals surface area contributed by atoms with E-state index in [9.17, 15) is 14.7 Å². The lowest BCUT2D eigenvalue weighted by molar-refractivity contribution is -0.132. The average Bonchev–Trinajstić information content (AvgIpc) is 3.11. The highest BCUT2D eigenvalue weighted by Gasteiger charge is 2.47. The van der Waals surface area contributed by atoms with Gasteiger partial charge in [0.15, 0.2) is 0 Å². The number of amides is 1. The third kappa shape index (κ3) is 4.52. The fourth-order valence-electron chi connectivity index (χ4n) is 4.44. The van der Waals surface area contributed by atoms with Gasteiger partial charge in [-0.1, -0.05) is 30.3 Å². The summed E-state index contributed by atoms with van der Waals surface area (Å²) in [5.74, 6) is -0.320. The minimum absolute atomic E-state index is 0.0375. The molecule has 1 unspecified atom stereocenters. The molecule has 1 saturated heterocycles. The smallest absolute Gasteiger partial charge is 0.300 e. The largest absolute Gasteiger partial charge is 0.507 e. The zero-order chi connectivity index (χ0) is 25.1. The molecule has 0 radical (unpaired) electrons. The van der Waals surface area contributed by atoms with E-state index in [1.807, 2.05) is 70.2 Å². The number of rotatable bonds is 7. The van der Waals surface area contributed by atoms with Crippen molar-refractivity contribution in [3.63, 3.8) is 0 Å². The number of carbonyl (C=O) groups excluding carboxylic acids is 2. The molecule has 3 aromatic carbocycles. The molecule has 180 valence electrons. The SMILES string of the molecule is CCOc1cccc(C2/C(=C(\O)c3ccc(OCC)c(C)c3)C(=O)C(=O)N2c2ccccc2C)c1. The van der Waals surface area contributed by atoms with Crippen molar-refractivity contribution in [1.29, 1.82) is 0 Å². The summed E-state index contributed by atoms with van der Waals surface area (Å²) in [4.78, 5) is 28.3. The Balaban J connectivity index is 1.93. The third-order valence-corrected chi connectivity index (χ3v) is 6.05. The van der Waals surface area contributed by atoms with Crippen LogP contribution in [0.1, 0.15) is 42.1 Å². The van der Waals surface area contributed by atoms with Gasteiger partial charge in [-0.3, -0.25) is 14.5 Å². The molecule has 1 aliphatic heterocycles. The molecule has 6 heteroatoms. The minimum Gasteiger partial charge on any atom is -0.507 e. The zero-order valence-electron chi connectivity index (χ0n) is 20.4. The first-order chi connectivity index (χ1) is 16.9. The maximum Gasteiger partial charge on any atom is 0.300 e. The summed E-state index contributed by atoms with van der Waals surface area (Å²) in [6, 6.07) is 19.1. The monoisotopic (exact) mass is 471 g/mol. The highest BCUT2D eigenvalue weighted by atomic mass is 16.5. The Morgan fingerprint density at radius 2 is 1.63 bits per heavy atom. The number of para-hydroxylation sites is 1. The number of aliphatic hydroxyl groups excluding tert-OH is 1. The van der Waals surface area contributed by atoms with Crippen molar-refractivity contribution in [2.75, 3.05) is 18.1 Å². The van der Waals surface area contributed by atoms with Crippen molar-refractivity contribution in [2.45, 2.75) is 33.7 Å². The summed E-state index contributed by atoms with van der Waals surface area (Å²) >= 11 is 0. The summed E-state index contributed by atoms with van der Waals surface area (Å²) in [6.07, 6.45) is 0. The number of carbonyl (C=O) groups is 2. The van der Waals surface area contributed by atoms with Crippen LogP contribution in [0.3, 0.4) is 0 Å². The summed E-state index contributed by atoms with van der Waals surface area (Å²) in [5, 5.41) is 11.4. The minimum atomic E-state index is -0.816. The quantitative estimate of drug-likeness (QED) is 0.271. The van der Waals surface area contributed by atoms with Crippen LogP contribution in [0.4, 0.5) is 5.69 Å². The van der Waals surface area contributed by atoms with Gasteiger partial charge in [-0.15, -0.1) is 0 Å². The predicted molar refractivity (Wildman–Crippen MR) is 136 cm³/mol. The molecule has 0 bridgehead atoms. The first kappa shape index (κ1) is 24.1. The lowest BCUT2D eigenvalue weighted by atomic mass is 9.94. The van der Waals surface area contributed by atoms with Crippen LogP contribution in [0.15, 0.2) is 72.3 Å². The highest BCUT2D eigenvalue weighted by Crippen LogP contribution is 2.43. The molecule has 4 rings (SSSR count). The molecule has 0 spiro atoms. The number of nitrogens with zero attached hydrogens (tertiary/aromatic N) is 1. The van der Waals surface area contributed by atoms with E-state index < -0.39 is 17.7 Å². The fourth-order valence-corrected chi connectivity index (χ4v) is 4.44. The van der Waals surface area contributed by atoms with Gasteiger partial charge in [0.1, 0.15) is 17.3 Å². The van der Waals surface area contributed by atoms with E-state index >= 15 is 0 Å². The van der Waals surface area contributed by atoms with Gasteiger partial charge < -0.3 is 14.6 Å². The van der Waals surface area contributed by atoms with Crippen LogP contribution in [0.5, 0.6) is 11.5 Å². The van der Waals surface area contributed by atoms with Crippen molar-refractivity contribution >= 4 is 23.1 Å². The number of ketones is 1. The molecular formula is C29H29NO5. The summed E-state index contributed by atoms with van der Waals surface area (Å²) < 4.78 is 11.3. The molecule has 0 saturated carbocycles. The Morgan fingerprint density at radius 3 is 2.31 bits per heavy atom. The van der Waals surface area contributed by atoms with Crippen molar-refractivity contribution < 1.29 is 24.2 Å². The second-order valence-electron chi connectivity index (χ2n) is 8.37. The summed E-state index contributed by atoms with van der Waals surface area (Å²) in [6.45, 7) is 8.54. The number of hydrogen-bond acceptors (Lipinski definition) is 5. The van der Waals surface area contributed by atoms with E-state index in [1.165, 1.54) is 4.90 Å². The lowest BCUT2D eigenvalue weighted by Crippen LogP contribution is -2.30.